The molecule has 1 saturated heterocycles. The molecule has 0 amide bonds. The molecule has 1 heterocycles. The second-order valence-corrected chi connectivity index (χ2v) is 5.37. The van der Waals surface area contributed by atoms with Crippen LogP contribution < -0.4 is 11.3 Å². The van der Waals surface area contributed by atoms with Crippen molar-refractivity contribution in [1.82, 2.24) is 15.2 Å². The highest BCUT2D eigenvalue weighted by molar-refractivity contribution is 5.79. The first kappa shape index (κ1) is 14.3. The van der Waals surface area contributed by atoms with Gasteiger partial charge in [0.1, 0.15) is 0 Å². The van der Waals surface area contributed by atoms with E-state index in [4.69, 9.17) is 5.84 Å². The fourth-order valence-corrected chi connectivity index (χ4v) is 2.16. The number of nitrogens with one attached hydrogen (secondary N) is 1. The lowest BCUT2D eigenvalue weighted by Gasteiger charge is -2.37. The van der Waals surface area contributed by atoms with Crippen LogP contribution in [0.1, 0.15) is 26.7 Å². The van der Waals surface area contributed by atoms with E-state index in [0.717, 1.165) is 19.0 Å². The average molecular weight is 241 g/mol. The summed E-state index contributed by atoms with van der Waals surface area (Å²) in [7, 11) is 4.24. The van der Waals surface area contributed by atoms with Gasteiger partial charge in [-0.15, -0.1) is 0 Å². The normalized spacial score (nSPS) is 22.9. The molecule has 100 valence electrons. The first-order chi connectivity index (χ1) is 8.04. The molecule has 5 nitrogen and oxygen atoms in total. The van der Waals surface area contributed by atoms with Gasteiger partial charge < -0.3 is 9.80 Å². The molecule has 0 spiro atoms. The van der Waals surface area contributed by atoms with Gasteiger partial charge in [-0.2, -0.15) is 0 Å². The predicted octanol–water partition coefficient (Wildman–Crippen LogP) is 0.488. The van der Waals surface area contributed by atoms with Gasteiger partial charge in [-0.1, -0.05) is 13.8 Å². The monoisotopic (exact) mass is 241 g/mol. The Labute approximate surface area is 105 Å². The maximum atomic E-state index is 5.57. The Kier molecular flexibility index (Phi) is 5.71. The number of likely N-dealkylation sites (tertiary alicyclic amines) is 1. The summed E-state index contributed by atoms with van der Waals surface area (Å²) in [5.41, 5.74) is 2.73. The van der Waals surface area contributed by atoms with Crippen LogP contribution in [0.5, 0.6) is 0 Å². The van der Waals surface area contributed by atoms with Crippen molar-refractivity contribution in [1.29, 1.82) is 0 Å². The highest BCUT2D eigenvalue weighted by Gasteiger charge is 2.22. The fourth-order valence-electron chi connectivity index (χ4n) is 2.16. The molecule has 0 aromatic carbocycles. The SMILES string of the molecule is CC(C)CN=C(NN)N(C)C1CCCN(C)C1. The van der Waals surface area contributed by atoms with Crippen molar-refractivity contribution in [2.24, 2.45) is 16.8 Å². The van der Waals surface area contributed by atoms with Crippen molar-refractivity contribution in [3.05, 3.63) is 0 Å². The van der Waals surface area contributed by atoms with E-state index in [1.165, 1.54) is 19.4 Å². The topological polar surface area (TPSA) is 56.9 Å². The summed E-state index contributed by atoms with van der Waals surface area (Å²) in [6.07, 6.45) is 2.46. The van der Waals surface area contributed by atoms with E-state index in [2.05, 4.69) is 48.2 Å². The summed E-state index contributed by atoms with van der Waals surface area (Å²) in [4.78, 5) is 9.07. The van der Waals surface area contributed by atoms with Crippen molar-refractivity contribution in [3.8, 4) is 0 Å². The maximum absolute atomic E-state index is 5.57. The van der Waals surface area contributed by atoms with E-state index >= 15 is 0 Å². The first-order valence-electron chi connectivity index (χ1n) is 6.47. The smallest absolute Gasteiger partial charge is 0.208 e. The Balaban J connectivity index is 2.58. The minimum Gasteiger partial charge on any atom is -0.341 e. The van der Waals surface area contributed by atoms with Crippen LogP contribution in [0, 0.1) is 5.92 Å². The van der Waals surface area contributed by atoms with Gasteiger partial charge in [0.2, 0.25) is 5.96 Å². The van der Waals surface area contributed by atoms with Crippen molar-refractivity contribution in [3.63, 3.8) is 0 Å². The third-order valence-electron chi connectivity index (χ3n) is 3.22. The fraction of sp³-hybridized carbons (Fsp3) is 0.917. The standard InChI is InChI=1S/C12H27N5/c1-10(2)8-14-12(15-13)17(4)11-6-5-7-16(3)9-11/h10-11H,5-9,13H2,1-4H3,(H,14,15). The third-order valence-corrected chi connectivity index (χ3v) is 3.22. The third kappa shape index (κ3) is 4.52. The van der Waals surface area contributed by atoms with Gasteiger partial charge in [0.15, 0.2) is 0 Å². The Morgan fingerprint density at radius 3 is 2.82 bits per heavy atom. The number of hydrogen-bond acceptors (Lipinski definition) is 3. The molecule has 0 bridgehead atoms. The van der Waals surface area contributed by atoms with E-state index in [1.807, 2.05) is 0 Å². The number of aliphatic imine (C=N–C) groups is 1. The summed E-state index contributed by atoms with van der Waals surface area (Å²) in [6, 6.07) is 0.510. The van der Waals surface area contributed by atoms with Gasteiger partial charge in [0.05, 0.1) is 0 Å². The van der Waals surface area contributed by atoms with E-state index in [1.54, 1.807) is 0 Å². The van der Waals surface area contributed by atoms with Crippen LogP contribution in [0.3, 0.4) is 0 Å². The molecule has 17 heavy (non-hydrogen) atoms. The zero-order valence-electron chi connectivity index (χ0n) is 11.6. The first-order valence-corrected chi connectivity index (χ1v) is 6.47. The zero-order chi connectivity index (χ0) is 12.8. The molecule has 0 aliphatic carbocycles. The largest absolute Gasteiger partial charge is 0.341 e. The predicted molar refractivity (Wildman–Crippen MR) is 72.7 cm³/mol. The second-order valence-electron chi connectivity index (χ2n) is 5.37. The van der Waals surface area contributed by atoms with Gasteiger partial charge in [-0.3, -0.25) is 10.4 Å². The number of nitrogens with two attached hydrogens (primary N) is 1. The Bertz CT molecular complexity index is 251. The molecule has 1 unspecified atom stereocenters. The highest BCUT2D eigenvalue weighted by atomic mass is 15.4. The number of nitrogens with zero attached hydrogens (tertiary/aromatic N) is 3. The number of hydrazine groups is 1. The Morgan fingerprint density at radius 1 is 1.59 bits per heavy atom. The minimum absolute atomic E-state index is 0.510. The average Bonchev–Trinajstić information content (AvgIpc) is 2.29. The van der Waals surface area contributed by atoms with Crippen LogP contribution in [-0.2, 0) is 0 Å². The molecule has 0 saturated carbocycles. The van der Waals surface area contributed by atoms with Crippen LogP contribution >= 0.6 is 0 Å². The Morgan fingerprint density at radius 2 is 2.29 bits per heavy atom. The number of piperidine rings is 1. The van der Waals surface area contributed by atoms with Gasteiger partial charge in [0, 0.05) is 26.2 Å². The quantitative estimate of drug-likeness (QED) is 0.327. The molecule has 1 aliphatic heterocycles. The van der Waals surface area contributed by atoms with Gasteiger partial charge in [-0.25, -0.2) is 5.84 Å². The van der Waals surface area contributed by atoms with Crippen molar-refractivity contribution in [2.45, 2.75) is 32.7 Å². The molecule has 0 radical (unpaired) electrons. The minimum atomic E-state index is 0.510. The molecule has 1 aliphatic rings. The van der Waals surface area contributed by atoms with Gasteiger partial charge in [0.25, 0.3) is 0 Å². The molecule has 3 N–H and O–H groups in total. The lowest BCUT2D eigenvalue weighted by Crippen LogP contribution is -2.52. The zero-order valence-corrected chi connectivity index (χ0v) is 11.6. The lowest BCUT2D eigenvalue weighted by molar-refractivity contribution is 0.179. The lowest BCUT2D eigenvalue weighted by atomic mass is 10.1. The van der Waals surface area contributed by atoms with Crippen LogP contribution in [0.4, 0.5) is 0 Å². The van der Waals surface area contributed by atoms with E-state index in [0.29, 0.717) is 12.0 Å². The van der Waals surface area contributed by atoms with Gasteiger partial charge in [-0.05, 0) is 32.4 Å². The summed E-state index contributed by atoms with van der Waals surface area (Å²) in [6.45, 7) is 7.40. The van der Waals surface area contributed by atoms with Crippen molar-refractivity contribution in [2.75, 3.05) is 33.7 Å². The van der Waals surface area contributed by atoms with E-state index in [-0.39, 0.29) is 0 Å². The van der Waals surface area contributed by atoms with Gasteiger partial charge >= 0.3 is 0 Å². The summed E-state index contributed by atoms with van der Waals surface area (Å²) in [5, 5.41) is 0. The number of rotatable bonds is 3. The molecule has 1 fully saturated rings. The van der Waals surface area contributed by atoms with Crippen LogP contribution in [0.25, 0.3) is 0 Å². The second kappa shape index (κ2) is 6.81. The molecular formula is C12H27N5. The number of guanidine groups is 1. The molecule has 5 heteroatoms. The highest BCUT2D eigenvalue weighted by Crippen LogP contribution is 2.13. The molecule has 0 aromatic heterocycles. The molecular weight excluding hydrogens is 214 g/mol. The maximum Gasteiger partial charge on any atom is 0.208 e. The molecule has 1 rings (SSSR count). The van der Waals surface area contributed by atoms with Crippen molar-refractivity contribution >= 4 is 5.96 Å². The van der Waals surface area contributed by atoms with E-state index in [9.17, 15) is 0 Å². The summed E-state index contributed by atoms with van der Waals surface area (Å²) >= 11 is 0. The molecule has 0 aromatic rings. The van der Waals surface area contributed by atoms with Crippen LogP contribution in [0.15, 0.2) is 4.99 Å². The molecule has 1 atom stereocenters. The van der Waals surface area contributed by atoms with E-state index < -0.39 is 0 Å². The van der Waals surface area contributed by atoms with Crippen LogP contribution in [-0.4, -0.2) is 55.5 Å². The van der Waals surface area contributed by atoms with Crippen molar-refractivity contribution < 1.29 is 0 Å². The summed E-state index contributed by atoms with van der Waals surface area (Å²) in [5.74, 6) is 6.93. The van der Waals surface area contributed by atoms with Crippen LogP contribution in [0.2, 0.25) is 0 Å². The number of likely N-dealkylation sites (N-methyl/N-ethyl adjacent to an activating group) is 2. The Hall–Kier alpha value is -0.810. The summed E-state index contributed by atoms with van der Waals surface area (Å²) < 4.78 is 0. The number of hydrogen-bond donors (Lipinski definition) is 2.